The summed E-state index contributed by atoms with van der Waals surface area (Å²) < 4.78 is 2.12. The minimum Gasteiger partial charge on any atom is -0.396 e. The molecule has 4 nitrogen and oxygen atoms in total. The first-order valence-electron chi connectivity index (χ1n) is 6.51. The van der Waals surface area contributed by atoms with Crippen LogP contribution in [-0.4, -0.2) is 27.1 Å². The average Bonchev–Trinajstić information content (AvgIpc) is 2.77. The van der Waals surface area contributed by atoms with E-state index in [1.807, 2.05) is 12.3 Å². The number of fused-ring (bicyclic) bond motifs is 1. The number of aliphatic hydroxyl groups is 1. The number of aromatic nitrogens is 2. The Morgan fingerprint density at radius 1 is 1.44 bits per heavy atom. The molecule has 0 spiro atoms. The Morgan fingerprint density at radius 2 is 2.28 bits per heavy atom. The van der Waals surface area contributed by atoms with Crippen LogP contribution in [0.3, 0.4) is 0 Å². The van der Waals surface area contributed by atoms with E-state index in [1.54, 1.807) is 0 Å². The summed E-state index contributed by atoms with van der Waals surface area (Å²) in [4.78, 5) is 4.38. The number of nitrogens with one attached hydrogen (secondary N) is 1. The zero-order valence-corrected chi connectivity index (χ0v) is 11.1. The lowest BCUT2D eigenvalue weighted by molar-refractivity contribution is 0.261. The predicted octanol–water partition coefficient (Wildman–Crippen LogP) is 1.89. The maximum Gasteiger partial charge on any atom is 0.136 e. The van der Waals surface area contributed by atoms with Gasteiger partial charge in [-0.1, -0.05) is 13.0 Å². The molecule has 4 heteroatoms. The van der Waals surface area contributed by atoms with Crippen molar-refractivity contribution in [2.24, 2.45) is 0 Å². The van der Waals surface area contributed by atoms with E-state index < -0.39 is 0 Å². The van der Waals surface area contributed by atoms with Crippen molar-refractivity contribution in [3.05, 3.63) is 35.8 Å². The molecule has 2 rings (SSSR count). The summed E-state index contributed by atoms with van der Waals surface area (Å²) in [5.41, 5.74) is 3.36. The maximum absolute atomic E-state index is 8.98. The summed E-state index contributed by atoms with van der Waals surface area (Å²) in [7, 11) is 0. The van der Waals surface area contributed by atoms with Crippen LogP contribution in [0.5, 0.6) is 0 Å². The molecule has 0 saturated carbocycles. The van der Waals surface area contributed by atoms with E-state index >= 15 is 0 Å². The Bertz CT molecular complexity index is 507. The van der Waals surface area contributed by atoms with Crippen molar-refractivity contribution in [3.63, 3.8) is 0 Å². The third-order valence-corrected chi connectivity index (χ3v) is 3.27. The molecule has 2 aromatic heterocycles. The summed E-state index contributed by atoms with van der Waals surface area (Å²) in [5, 5.41) is 12.4. The Balaban J connectivity index is 2.09. The highest BCUT2D eigenvalue weighted by molar-refractivity contribution is 5.41. The van der Waals surface area contributed by atoms with E-state index in [1.165, 1.54) is 5.56 Å². The third kappa shape index (κ3) is 2.89. The minimum atomic E-state index is 0.234. The highest BCUT2D eigenvalue weighted by Crippen LogP contribution is 2.09. The minimum absolute atomic E-state index is 0.234. The van der Waals surface area contributed by atoms with Gasteiger partial charge in [-0.05, 0) is 31.4 Å². The van der Waals surface area contributed by atoms with Crippen molar-refractivity contribution in [2.75, 3.05) is 6.61 Å². The SMILES string of the molecule is CCC(CCO)NCc1cnc2ccc(C)cn12. The molecular formula is C14H21N3O. The summed E-state index contributed by atoms with van der Waals surface area (Å²) in [6.07, 6.45) is 5.84. The van der Waals surface area contributed by atoms with E-state index in [0.29, 0.717) is 6.04 Å². The van der Waals surface area contributed by atoms with Gasteiger partial charge in [-0.2, -0.15) is 0 Å². The van der Waals surface area contributed by atoms with Gasteiger partial charge in [0.2, 0.25) is 0 Å². The van der Waals surface area contributed by atoms with E-state index in [9.17, 15) is 0 Å². The standard InChI is InChI=1S/C14H21N3O/c1-3-12(6-7-18)15-8-13-9-16-14-5-4-11(2)10-17(13)14/h4-5,9-10,12,15,18H,3,6-8H2,1-2H3. The molecule has 0 aliphatic heterocycles. The second-order valence-electron chi connectivity index (χ2n) is 4.68. The first-order valence-corrected chi connectivity index (χ1v) is 6.51. The van der Waals surface area contributed by atoms with E-state index in [0.717, 1.165) is 30.7 Å². The van der Waals surface area contributed by atoms with Gasteiger partial charge in [0.15, 0.2) is 0 Å². The number of nitrogens with zero attached hydrogens (tertiary/aromatic N) is 2. The second-order valence-corrected chi connectivity index (χ2v) is 4.68. The second kappa shape index (κ2) is 5.98. The van der Waals surface area contributed by atoms with E-state index in [4.69, 9.17) is 5.11 Å². The van der Waals surface area contributed by atoms with Gasteiger partial charge in [0.1, 0.15) is 5.65 Å². The molecule has 0 radical (unpaired) electrons. The van der Waals surface area contributed by atoms with Crippen LogP contribution in [0.2, 0.25) is 0 Å². The zero-order valence-electron chi connectivity index (χ0n) is 11.1. The predicted molar refractivity (Wildman–Crippen MR) is 72.6 cm³/mol. The molecule has 0 saturated heterocycles. The fraction of sp³-hybridized carbons (Fsp3) is 0.500. The molecule has 2 N–H and O–H groups in total. The number of hydrogen-bond acceptors (Lipinski definition) is 3. The van der Waals surface area contributed by atoms with Crippen LogP contribution < -0.4 is 5.32 Å². The van der Waals surface area contributed by atoms with Crippen molar-refractivity contribution < 1.29 is 5.11 Å². The number of hydrogen-bond donors (Lipinski definition) is 2. The topological polar surface area (TPSA) is 49.6 Å². The monoisotopic (exact) mass is 247 g/mol. The van der Waals surface area contributed by atoms with Crippen molar-refractivity contribution in [2.45, 2.75) is 39.3 Å². The number of aliphatic hydroxyl groups excluding tert-OH is 1. The van der Waals surface area contributed by atoms with Crippen LogP contribution in [0, 0.1) is 6.92 Å². The summed E-state index contributed by atoms with van der Waals surface area (Å²) >= 11 is 0. The number of imidazole rings is 1. The van der Waals surface area contributed by atoms with Gasteiger partial charge in [0.25, 0.3) is 0 Å². The van der Waals surface area contributed by atoms with E-state index in [-0.39, 0.29) is 6.61 Å². The van der Waals surface area contributed by atoms with Gasteiger partial charge >= 0.3 is 0 Å². The lowest BCUT2D eigenvalue weighted by Gasteiger charge is -2.15. The molecule has 1 atom stereocenters. The highest BCUT2D eigenvalue weighted by atomic mass is 16.3. The molecule has 0 aliphatic rings. The first kappa shape index (κ1) is 13.1. The van der Waals surface area contributed by atoms with Crippen molar-refractivity contribution in [1.29, 1.82) is 0 Å². The van der Waals surface area contributed by atoms with Gasteiger partial charge in [-0.25, -0.2) is 4.98 Å². The number of pyridine rings is 1. The van der Waals surface area contributed by atoms with Crippen LogP contribution in [0.1, 0.15) is 31.0 Å². The van der Waals surface area contributed by atoms with Crippen molar-refractivity contribution in [1.82, 2.24) is 14.7 Å². The quantitative estimate of drug-likeness (QED) is 0.819. The fourth-order valence-electron chi connectivity index (χ4n) is 2.12. The molecule has 1 unspecified atom stereocenters. The van der Waals surface area contributed by atoms with Gasteiger partial charge in [0, 0.05) is 25.4 Å². The van der Waals surface area contributed by atoms with Crippen molar-refractivity contribution >= 4 is 5.65 Å². The lowest BCUT2D eigenvalue weighted by Crippen LogP contribution is -2.29. The largest absolute Gasteiger partial charge is 0.396 e. The summed E-state index contributed by atoms with van der Waals surface area (Å²) in [6.45, 7) is 5.23. The van der Waals surface area contributed by atoms with Crippen LogP contribution in [0.15, 0.2) is 24.5 Å². The molecule has 2 aromatic rings. The van der Waals surface area contributed by atoms with Crippen molar-refractivity contribution in [3.8, 4) is 0 Å². The molecule has 0 fully saturated rings. The number of rotatable bonds is 6. The Morgan fingerprint density at radius 3 is 3.00 bits per heavy atom. The lowest BCUT2D eigenvalue weighted by atomic mass is 10.1. The zero-order chi connectivity index (χ0) is 13.0. The van der Waals surface area contributed by atoms with Gasteiger partial charge in [-0.3, -0.25) is 0 Å². The highest BCUT2D eigenvalue weighted by Gasteiger charge is 2.07. The van der Waals surface area contributed by atoms with Crippen LogP contribution in [-0.2, 0) is 6.54 Å². The van der Waals surface area contributed by atoms with Gasteiger partial charge < -0.3 is 14.8 Å². The summed E-state index contributed by atoms with van der Waals surface area (Å²) in [5.74, 6) is 0. The average molecular weight is 247 g/mol. The summed E-state index contributed by atoms with van der Waals surface area (Å²) in [6, 6.07) is 4.47. The molecule has 98 valence electrons. The van der Waals surface area contributed by atoms with Crippen LogP contribution in [0.25, 0.3) is 5.65 Å². The smallest absolute Gasteiger partial charge is 0.136 e. The molecule has 0 aromatic carbocycles. The molecule has 18 heavy (non-hydrogen) atoms. The molecule has 0 bridgehead atoms. The Labute approximate surface area is 108 Å². The van der Waals surface area contributed by atoms with Crippen LogP contribution in [0.4, 0.5) is 0 Å². The fourth-order valence-corrected chi connectivity index (χ4v) is 2.12. The molecular weight excluding hydrogens is 226 g/mol. The normalized spacial score (nSPS) is 13.1. The Kier molecular flexibility index (Phi) is 4.33. The molecule has 0 aliphatic carbocycles. The van der Waals surface area contributed by atoms with Gasteiger partial charge in [0.05, 0.1) is 11.9 Å². The first-order chi connectivity index (χ1) is 8.74. The number of aryl methyl sites for hydroxylation is 1. The van der Waals surface area contributed by atoms with Crippen LogP contribution >= 0.6 is 0 Å². The van der Waals surface area contributed by atoms with Gasteiger partial charge in [-0.15, -0.1) is 0 Å². The third-order valence-electron chi connectivity index (χ3n) is 3.27. The van der Waals surface area contributed by atoms with E-state index in [2.05, 4.69) is 40.8 Å². The maximum atomic E-state index is 8.98. The molecule has 2 heterocycles. The Hall–Kier alpha value is -1.39. The molecule has 0 amide bonds.